The first-order chi connectivity index (χ1) is 13.5. The van der Waals surface area contributed by atoms with Gasteiger partial charge in [0.15, 0.2) is 0 Å². The van der Waals surface area contributed by atoms with Gasteiger partial charge in [-0.25, -0.2) is 4.79 Å². The quantitative estimate of drug-likeness (QED) is 0.680. The molecule has 6 nitrogen and oxygen atoms in total. The van der Waals surface area contributed by atoms with Crippen LogP contribution in [0.4, 0.5) is 5.69 Å². The summed E-state index contributed by atoms with van der Waals surface area (Å²) in [6.07, 6.45) is 1.85. The van der Waals surface area contributed by atoms with Gasteiger partial charge in [0.2, 0.25) is 5.91 Å². The van der Waals surface area contributed by atoms with E-state index in [1.165, 1.54) is 20.5 Å². The number of carbonyl (C=O) groups excluding carboxylic acids is 1. The van der Waals surface area contributed by atoms with Crippen molar-refractivity contribution in [3.05, 3.63) is 62.1 Å². The molecule has 1 aromatic carbocycles. The number of hydrogen-bond acceptors (Lipinski definition) is 4. The lowest BCUT2D eigenvalue weighted by Crippen LogP contribution is -2.44. The molecule has 1 aliphatic heterocycles. The van der Waals surface area contributed by atoms with E-state index >= 15 is 0 Å². The van der Waals surface area contributed by atoms with Gasteiger partial charge in [-0.15, -0.1) is 11.3 Å². The van der Waals surface area contributed by atoms with Gasteiger partial charge in [-0.2, -0.15) is 0 Å². The Morgan fingerprint density at radius 3 is 2.71 bits per heavy atom. The van der Waals surface area contributed by atoms with Crippen LogP contribution in [0.25, 0.3) is 10.2 Å². The van der Waals surface area contributed by atoms with Gasteiger partial charge in [0.05, 0.1) is 5.52 Å². The molecular weight excluding hydrogens is 374 g/mol. The molecule has 0 aliphatic carbocycles. The van der Waals surface area contributed by atoms with Gasteiger partial charge in [0.1, 0.15) is 11.2 Å². The summed E-state index contributed by atoms with van der Waals surface area (Å²) >= 11 is 1.31. The molecule has 0 atom stereocenters. The van der Waals surface area contributed by atoms with Crippen LogP contribution >= 0.6 is 11.3 Å². The Balaban J connectivity index is 1.77. The second-order valence-electron chi connectivity index (χ2n) is 7.59. The number of rotatable bonds is 4. The molecule has 3 aromatic rings. The molecular formula is C21H23N3O3S. The van der Waals surface area contributed by atoms with Gasteiger partial charge in [0, 0.05) is 18.8 Å². The summed E-state index contributed by atoms with van der Waals surface area (Å²) < 4.78 is 3.24. The number of thiophene rings is 1. The van der Waals surface area contributed by atoms with E-state index in [0.29, 0.717) is 23.3 Å². The van der Waals surface area contributed by atoms with Crippen molar-refractivity contribution in [2.24, 2.45) is 5.92 Å². The number of anilines is 1. The lowest BCUT2D eigenvalue weighted by atomic mass is 10.0. The summed E-state index contributed by atoms with van der Waals surface area (Å²) in [6, 6.07) is 9.65. The number of hydrogen-bond donors (Lipinski definition) is 0. The summed E-state index contributed by atoms with van der Waals surface area (Å²) in [4.78, 5) is 40.7. The number of benzene rings is 1. The van der Waals surface area contributed by atoms with E-state index in [1.54, 1.807) is 16.3 Å². The zero-order valence-corrected chi connectivity index (χ0v) is 16.9. The normalized spacial score (nSPS) is 13.9. The fourth-order valence-corrected chi connectivity index (χ4v) is 4.67. The van der Waals surface area contributed by atoms with Crippen LogP contribution in [-0.4, -0.2) is 21.6 Å². The maximum atomic E-state index is 13.1. The Labute approximate surface area is 166 Å². The number of aromatic nitrogens is 2. The minimum absolute atomic E-state index is 0.0707. The van der Waals surface area contributed by atoms with Crippen molar-refractivity contribution in [2.45, 2.75) is 39.8 Å². The van der Waals surface area contributed by atoms with E-state index in [-0.39, 0.29) is 23.9 Å². The van der Waals surface area contributed by atoms with Crippen molar-refractivity contribution in [1.29, 1.82) is 0 Å². The van der Waals surface area contributed by atoms with Gasteiger partial charge >= 0.3 is 5.69 Å². The highest BCUT2D eigenvalue weighted by molar-refractivity contribution is 7.17. The van der Waals surface area contributed by atoms with Gasteiger partial charge in [-0.1, -0.05) is 32.0 Å². The topological polar surface area (TPSA) is 64.3 Å². The molecule has 4 rings (SSSR count). The third-order valence-corrected chi connectivity index (χ3v) is 5.98. The number of aryl methyl sites for hydroxylation is 1. The molecule has 146 valence electrons. The van der Waals surface area contributed by atoms with Crippen molar-refractivity contribution in [3.63, 3.8) is 0 Å². The highest BCUT2D eigenvalue weighted by Crippen LogP contribution is 2.27. The van der Waals surface area contributed by atoms with Crippen LogP contribution in [0.15, 0.2) is 45.3 Å². The number of fused-ring (bicyclic) bond motifs is 2. The summed E-state index contributed by atoms with van der Waals surface area (Å²) in [5.74, 6) is 0.0254. The third-order valence-electron chi connectivity index (χ3n) is 5.09. The number of nitrogens with zero attached hydrogens (tertiary/aromatic N) is 3. The Kier molecular flexibility index (Phi) is 4.93. The van der Waals surface area contributed by atoms with Crippen LogP contribution < -0.4 is 16.1 Å². The minimum atomic E-state index is -0.414. The van der Waals surface area contributed by atoms with Gasteiger partial charge in [-0.3, -0.25) is 18.7 Å². The van der Waals surface area contributed by atoms with E-state index in [4.69, 9.17) is 0 Å². The molecule has 7 heteroatoms. The Hall–Kier alpha value is -2.67. The molecule has 0 fully saturated rings. The molecule has 28 heavy (non-hydrogen) atoms. The standard InChI is InChI=1S/C21H23N3O3S/c1-14(2)12-24-20(26)19-17(9-11-28-19)23(21(24)27)13-18(25)22-10-5-7-15-6-3-4-8-16(15)22/h3-4,6,8-9,11,14H,5,7,10,12-13H2,1-2H3. The van der Waals surface area contributed by atoms with Crippen LogP contribution in [-0.2, 0) is 24.3 Å². The van der Waals surface area contributed by atoms with Crippen LogP contribution in [0, 0.1) is 5.92 Å². The van der Waals surface area contributed by atoms with Crippen LogP contribution in [0.5, 0.6) is 0 Å². The average molecular weight is 398 g/mol. The molecule has 0 saturated heterocycles. The molecule has 0 saturated carbocycles. The molecule has 1 amide bonds. The van der Waals surface area contributed by atoms with Gasteiger partial charge < -0.3 is 4.90 Å². The first kappa shape index (κ1) is 18.7. The molecule has 3 heterocycles. The Morgan fingerprint density at radius 1 is 1.14 bits per heavy atom. The lowest BCUT2D eigenvalue weighted by Gasteiger charge is -2.29. The predicted molar refractivity (Wildman–Crippen MR) is 112 cm³/mol. The highest BCUT2D eigenvalue weighted by atomic mass is 32.1. The van der Waals surface area contributed by atoms with Crippen molar-refractivity contribution < 1.29 is 4.79 Å². The second-order valence-corrected chi connectivity index (χ2v) is 8.51. The van der Waals surface area contributed by atoms with E-state index in [0.717, 1.165) is 24.1 Å². The molecule has 1 aliphatic rings. The van der Waals surface area contributed by atoms with Crippen molar-refractivity contribution in [3.8, 4) is 0 Å². The summed E-state index contributed by atoms with van der Waals surface area (Å²) in [5, 5.41) is 1.79. The average Bonchev–Trinajstić information content (AvgIpc) is 3.17. The highest BCUT2D eigenvalue weighted by Gasteiger charge is 2.24. The van der Waals surface area contributed by atoms with E-state index in [1.807, 2.05) is 38.1 Å². The third kappa shape index (κ3) is 3.20. The summed E-state index contributed by atoms with van der Waals surface area (Å²) in [7, 11) is 0. The number of amides is 1. The smallest absolute Gasteiger partial charge is 0.311 e. The number of carbonyl (C=O) groups is 1. The van der Waals surface area contributed by atoms with Crippen molar-refractivity contribution in [2.75, 3.05) is 11.4 Å². The van der Waals surface area contributed by atoms with Crippen LogP contribution in [0.1, 0.15) is 25.8 Å². The molecule has 0 bridgehead atoms. The predicted octanol–water partition coefficient (Wildman–Crippen LogP) is 2.86. The van der Waals surface area contributed by atoms with E-state index in [2.05, 4.69) is 0 Å². The molecule has 0 spiro atoms. The Morgan fingerprint density at radius 2 is 1.93 bits per heavy atom. The monoisotopic (exact) mass is 397 g/mol. The van der Waals surface area contributed by atoms with Crippen LogP contribution in [0.3, 0.4) is 0 Å². The van der Waals surface area contributed by atoms with Gasteiger partial charge in [0.25, 0.3) is 5.56 Å². The van der Waals surface area contributed by atoms with E-state index < -0.39 is 5.69 Å². The number of para-hydroxylation sites is 1. The van der Waals surface area contributed by atoms with Crippen molar-refractivity contribution in [1.82, 2.24) is 9.13 Å². The maximum absolute atomic E-state index is 13.1. The van der Waals surface area contributed by atoms with Crippen LogP contribution in [0.2, 0.25) is 0 Å². The maximum Gasteiger partial charge on any atom is 0.332 e. The zero-order chi connectivity index (χ0) is 19.8. The minimum Gasteiger partial charge on any atom is -0.311 e. The first-order valence-electron chi connectivity index (χ1n) is 9.56. The Bertz CT molecular complexity index is 1160. The zero-order valence-electron chi connectivity index (χ0n) is 16.1. The fourth-order valence-electron chi connectivity index (χ4n) is 3.83. The molecule has 0 radical (unpaired) electrons. The SMILES string of the molecule is CC(C)Cn1c(=O)c2sccc2n(CC(=O)N2CCCc3ccccc32)c1=O. The summed E-state index contributed by atoms with van der Waals surface area (Å²) in [6.45, 7) is 4.84. The first-order valence-corrected chi connectivity index (χ1v) is 10.4. The van der Waals surface area contributed by atoms with Gasteiger partial charge in [-0.05, 0) is 41.8 Å². The summed E-state index contributed by atoms with van der Waals surface area (Å²) in [5.41, 5.74) is 1.93. The van der Waals surface area contributed by atoms with Crippen molar-refractivity contribution >= 4 is 33.1 Å². The second kappa shape index (κ2) is 7.39. The fraction of sp³-hybridized carbons (Fsp3) is 0.381. The molecule has 0 unspecified atom stereocenters. The molecule has 2 aromatic heterocycles. The van der Waals surface area contributed by atoms with E-state index in [9.17, 15) is 14.4 Å². The lowest BCUT2D eigenvalue weighted by molar-refractivity contribution is -0.119. The largest absolute Gasteiger partial charge is 0.332 e. The molecule has 0 N–H and O–H groups in total.